The Labute approximate surface area is 178 Å². The summed E-state index contributed by atoms with van der Waals surface area (Å²) in [5.74, 6) is 0.270. The number of pyridine rings is 2. The minimum Gasteiger partial charge on any atom is -0.382 e. The van der Waals surface area contributed by atoms with Crippen LogP contribution in [0.5, 0.6) is 0 Å². The average molecular weight is 414 g/mol. The van der Waals surface area contributed by atoms with Gasteiger partial charge in [-0.2, -0.15) is 0 Å². The molecule has 0 atom stereocenters. The first-order chi connectivity index (χ1) is 15.1. The van der Waals surface area contributed by atoms with E-state index >= 15 is 0 Å². The van der Waals surface area contributed by atoms with Gasteiger partial charge in [0.25, 0.3) is 5.91 Å². The highest BCUT2D eigenvalue weighted by molar-refractivity contribution is 5.93. The van der Waals surface area contributed by atoms with Crippen LogP contribution in [0.2, 0.25) is 0 Å². The number of likely N-dealkylation sites (tertiary alicyclic amines) is 1. The summed E-state index contributed by atoms with van der Waals surface area (Å²) < 4.78 is 1.62. The molecule has 4 aromatic heterocycles. The molecule has 0 unspecified atom stereocenters. The number of carbonyl (C=O) groups is 1. The van der Waals surface area contributed by atoms with Gasteiger partial charge in [-0.25, -0.2) is 14.5 Å². The Hall–Kier alpha value is -3.85. The van der Waals surface area contributed by atoms with Gasteiger partial charge in [0.2, 0.25) is 0 Å². The monoisotopic (exact) mass is 414 g/mol. The minimum absolute atomic E-state index is 0.0800. The molecule has 9 heteroatoms. The topological polar surface area (TPSA) is 128 Å². The molecule has 31 heavy (non-hydrogen) atoms. The van der Waals surface area contributed by atoms with Gasteiger partial charge in [0.05, 0.1) is 17.0 Å². The molecule has 0 bridgehead atoms. The van der Waals surface area contributed by atoms with E-state index in [1.807, 2.05) is 41.4 Å². The van der Waals surface area contributed by atoms with E-state index in [4.69, 9.17) is 11.5 Å². The number of amides is 1. The molecule has 0 aliphatic carbocycles. The van der Waals surface area contributed by atoms with Gasteiger partial charge in [-0.3, -0.25) is 9.78 Å². The fraction of sp³-hybridized carbons (Fsp3) is 0.227. The Balaban J connectivity index is 1.47. The number of aromatic nitrogens is 5. The standard InChI is InChI=1S/C22H22N8O/c23-15-7-10-29(11-8-15)22(31)18-6-3-5-16(27-18)14-12-26-21-19(17-4-1-2-9-25-17)20(24)28-30(21)13-14/h1-6,9,12-13,15H,7-8,10-11,23H2,(H2,24,28). The van der Waals surface area contributed by atoms with Gasteiger partial charge in [-0.1, -0.05) is 12.1 Å². The van der Waals surface area contributed by atoms with E-state index in [0.29, 0.717) is 47.2 Å². The third-order valence-corrected chi connectivity index (χ3v) is 5.51. The molecule has 1 aliphatic heterocycles. The van der Waals surface area contributed by atoms with Gasteiger partial charge in [0, 0.05) is 43.3 Å². The number of hydrogen-bond acceptors (Lipinski definition) is 7. The van der Waals surface area contributed by atoms with E-state index in [2.05, 4.69) is 20.1 Å². The van der Waals surface area contributed by atoms with Crippen LogP contribution in [-0.2, 0) is 0 Å². The molecule has 1 saturated heterocycles. The molecule has 4 N–H and O–H groups in total. The lowest BCUT2D eigenvalue weighted by Gasteiger charge is -2.29. The van der Waals surface area contributed by atoms with Crippen molar-refractivity contribution in [3.8, 4) is 22.5 Å². The lowest BCUT2D eigenvalue weighted by Crippen LogP contribution is -2.43. The Morgan fingerprint density at radius 3 is 2.61 bits per heavy atom. The largest absolute Gasteiger partial charge is 0.382 e. The van der Waals surface area contributed by atoms with Crippen molar-refractivity contribution < 1.29 is 4.79 Å². The number of nitrogens with zero attached hydrogens (tertiary/aromatic N) is 6. The van der Waals surface area contributed by atoms with Crippen molar-refractivity contribution in [2.24, 2.45) is 5.73 Å². The number of fused-ring (bicyclic) bond motifs is 1. The van der Waals surface area contributed by atoms with Crippen LogP contribution >= 0.6 is 0 Å². The van der Waals surface area contributed by atoms with E-state index in [9.17, 15) is 4.79 Å². The van der Waals surface area contributed by atoms with Crippen LogP contribution in [0.4, 0.5) is 5.82 Å². The van der Waals surface area contributed by atoms with Crippen LogP contribution in [0, 0.1) is 0 Å². The summed E-state index contributed by atoms with van der Waals surface area (Å²) in [5, 5.41) is 4.39. The Morgan fingerprint density at radius 2 is 1.84 bits per heavy atom. The molecule has 9 nitrogen and oxygen atoms in total. The van der Waals surface area contributed by atoms with Crippen LogP contribution in [-0.4, -0.2) is 54.5 Å². The number of hydrogen-bond donors (Lipinski definition) is 2. The fourth-order valence-electron chi connectivity index (χ4n) is 3.82. The molecule has 156 valence electrons. The summed E-state index contributed by atoms with van der Waals surface area (Å²) in [4.78, 5) is 28.2. The van der Waals surface area contributed by atoms with Crippen LogP contribution in [0.25, 0.3) is 28.2 Å². The van der Waals surface area contributed by atoms with E-state index in [1.165, 1.54) is 0 Å². The number of rotatable bonds is 3. The predicted molar refractivity (Wildman–Crippen MR) is 117 cm³/mol. The zero-order valence-corrected chi connectivity index (χ0v) is 16.8. The molecule has 1 amide bonds. The van der Waals surface area contributed by atoms with Crippen molar-refractivity contribution in [1.82, 2.24) is 29.5 Å². The lowest BCUT2D eigenvalue weighted by molar-refractivity contribution is 0.0709. The lowest BCUT2D eigenvalue weighted by atomic mass is 10.1. The smallest absolute Gasteiger partial charge is 0.272 e. The maximum Gasteiger partial charge on any atom is 0.272 e. The predicted octanol–water partition coefficient (Wildman–Crippen LogP) is 2.00. The SMILES string of the molecule is Nc1nn2cc(-c3cccc(C(=O)N4CCC(N)CC4)n3)cnc2c1-c1ccccn1. The minimum atomic E-state index is -0.0800. The third-order valence-electron chi connectivity index (χ3n) is 5.51. The fourth-order valence-corrected chi connectivity index (χ4v) is 3.82. The van der Waals surface area contributed by atoms with Gasteiger partial charge >= 0.3 is 0 Å². The summed E-state index contributed by atoms with van der Waals surface area (Å²) in [6, 6.07) is 11.2. The zero-order chi connectivity index (χ0) is 21.4. The molecular formula is C22H22N8O. The number of piperidine rings is 1. The normalized spacial score (nSPS) is 14.8. The van der Waals surface area contributed by atoms with Crippen molar-refractivity contribution in [3.05, 3.63) is 60.7 Å². The first kappa shape index (κ1) is 19.1. The summed E-state index contributed by atoms with van der Waals surface area (Å²) in [5.41, 5.74) is 15.9. The van der Waals surface area contributed by atoms with E-state index < -0.39 is 0 Å². The van der Waals surface area contributed by atoms with Crippen molar-refractivity contribution in [2.45, 2.75) is 18.9 Å². The van der Waals surface area contributed by atoms with Gasteiger partial charge in [-0.05, 0) is 37.1 Å². The van der Waals surface area contributed by atoms with Gasteiger partial charge in [-0.15, -0.1) is 5.10 Å². The molecule has 1 aliphatic rings. The second-order valence-corrected chi connectivity index (χ2v) is 7.62. The highest BCUT2D eigenvalue weighted by Gasteiger charge is 2.23. The number of nitrogens with two attached hydrogens (primary N) is 2. The molecule has 5 heterocycles. The van der Waals surface area contributed by atoms with Crippen LogP contribution in [0.15, 0.2) is 55.0 Å². The Kier molecular flexibility index (Phi) is 4.79. The second-order valence-electron chi connectivity index (χ2n) is 7.62. The van der Waals surface area contributed by atoms with Crippen molar-refractivity contribution >= 4 is 17.4 Å². The molecular weight excluding hydrogens is 392 g/mol. The zero-order valence-electron chi connectivity index (χ0n) is 16.8. The van der Waals surface area contributed by atoms with Gasteiger partial charge in [0.1, 0.15) is 5.69 Å². The molecule has 0 radical (unpaired) electrons. The average Bonchev–Trinajstić information content (AvgIpc) is 3.14. The highest BCUT2D eigenvalue weighted by Crippen LogP contribution is 2.28. The Morgan fingerprint density at radius 1 is 1.03 bits per heavy atom. The quantitative estimate of drug-likeness (QED) is 0.525. The van der Waals surface area contributed by atoms with Crippen molar-refractivity contribution in [2.75, 3.05) is 18.8 Å². The van der Waals surface area contributed by atoms with Crippen LogP contribution in [0.3, 0.4) is 0 Å². The molecule has 4 aromatic rings. The third kappa shape index (κ3) is 3.59. The first-order valence-electron chi connectivity index (χ1n) is 10.2. The summed E-state index contributed by atoms with van der Waals surface area (Å²) in [6.45, 7) is 1.31. The molecule has 0 saturated carbocycles. The van der Waals surface area contributed by atoms with Crippen molar-refractivity contribution in [1.29, 1.82) is 0 Å². The van der Waals surface area contributed by atoms with E-state index in [0.717, 1.165) is 18.4 Å². The first-order valence-corrected chi connectivity index (χ1v) is 10.2. The Bertz CT molecular complexity index is 1250. The molecule has 1 fully saturated rings. The highest BCUT2D eigenvalue weighted by atomic mass is 16.2. The maximum absolute atomic E-state index is 12.9. The van der Waals surface area contributed by atoms with Crippen LogP contribution in [0.1, 0.15) is 23.3 Å². The molecule has 0 aromatic carbocycles. The van der Waals surface area contributed by atoms with E-state index in [-0.39, 0.29) is 11.9 Å². The summed E-state index contributed by atoms with van der Waals surface area (Å²) in [6.07, 6.45) is 6.84. The van der Waals surface area contributed by atoms with E-state index in [1.54, 1.807) is 23.0 Å². The number of nitrogen functional groups attached to an aromatic ring is 1. The maximum atomic E-state index is 12.9. The van der Waals surface area contributed by atoms with Crippen molar-refractivity contribution in [3.63, 3.8) is 0 Å². The number of anilines is 1. The number of carbonyl (C=O) groups excluding carboxylic acids is 1. The summed E-state index contributed by atoms with van der Waals surface area (Å²) >= 11 is 0. The van der Waals surface area contributed by atoms with Gasteiger partial charge in [0.15, 0.2) is 11.5 Å². The molecule has 0 spiro atoms. The van der Waals surface area contributed by atoms with Gasteiger partial charge < -0.3 is 16.4 Å². The molecule has 5 rings (SSSR count). The summed E-state index contributed by atoms with van der Waals surface area (Å²) in [7, 11) is 0. The second kappa shape index (κ2) is 7.77. The van der Waals surface area contributed by atoms with Crippen LogP contribution < -0.4 is 11.5 Å².